The number of rotatable bonds is 7. The van der Waals surface area contributed by atoms with Crippen molar-refractivity contribution < 1.29 is 23.7 Å². The Kier molecular flexibility index (Phi) is 7.56. The molecule has 0 unspecified atom stereocenters. The summed E-state index contributed by atoms with van der Waals surface area (Å²) in [6, 6.07) is -0.0657. The number of carbonyl (C=O) groups excluding carboxylic acids is 1. The fourth-order valence-corrected chi connectivity index (χ4v) is 4.12. The van der Waals surface area contributed by atoms with Crippen LogP contribution in [0.25, 0.3) is 0 Å². The van der Waals surface area contributed by atoms with Gasteiger partial charge in [0.05, 0.1) is 43.2 Å². The number of carbonyl (C=O) groups is 1. The lowest BCUT2D eigenvalue weighted by molar-refractivity contribution is -0.201. The molecule has 1 spiro atoms. The highest BCUT2D eigenvalue weighted by Crippen LogP contribution is 2.46. The van der Waals surface area contributed by atoms with Gasteiger partial charge in [-0.2, -0.15) is 0 Å². The Morgan fingerprint density at radius 3 is 2.53 bits per heavy atom. The molecule has 1 amide bonds. The molecule has 2 atom stereocenters. The van der Waals surface area contributed by atoms with E-state index in [1.54, 1.807) is 24.1 Å². The van der Waals surface area contributed by atoms with E-state index in [0.717, 1.165) is 25.0 Å². The summed E-state index contributed by atoms with van der Waals surface area (Å²) in [6.45, 7) is 10.0. The van der Waals surface area contributed by atoms with Gasteiger partial charge in [-0.15, -0.1) is 0 Å². The average Bonchev–Trinajstić information content (AvgIpc) is 3.44. The molecule has 0 aromatic heterocycles. The van der Waals surface area contributed by atoms with Gasteiger partial charge in [0.15, 0.2) is 6.29 Å². The fraction of sp³-hybridized carbons (Fsp3) is 0.667. The van der Waals surface area contributed by atoms with Crippen LogP contribution < -0.4 is 0 Å². The highest BCUT2D eigenvalue weighted by atomic mass is 16.7. The predicted octanol–water partition coefficient (Wildman–Crippen LogP) is 3.59. The summed E-state index contributed by atoms with van der Waals surface area (Å²) in [6.07, 6.45) is 13.9. The second kappa shape index (κ2) is 9.77. The molecule has 0 aliphatic carbocycles. The number of epoxide rings is 1. The monoisotopic (exact) mass is 418 g/mol. The van der Waals surface area contributed by atoms with Gasteiger partial charge in [-0.05, 0) is 33.3 Å². The Labute approximate surface area is 180 Å². The molecule has 3 aliphatic rings. The third-order valence-electron chi connectivity index (χ3n) is 5.83. The summed E-state index contributed by atoms with van der Waals surface area (Å²) in [5.74, 6) is -0.0453. The molecule has 0 aromatic rings. The maximum atomic E-state index is 12.1. The third-order valence-corrected chi connectivity index (χ3v) is 5.83. The molecule has 0 aromatic carbocycles. The highest BCUT2D eigenvalue weighted by molar-refractivity contribution is 5.87. The molecule has 0 bridgehead atoms. The predicted molar refractivity (Wildman–Crippen MR) is 116 cm³/mol. The van der Waals surface area contributed by atoms with Crippen molar-refractivity contribution in [2.75, 3.05) is 26.9 Å². The van der Waals surface area contributed by atoms with Gasteiger partial charge >= 0.3 is 0 Å². The lowest BCUT2D eigenvalue weighted by Crippen LogP contribution is -2.47. The minimum atomic E-state index is -0.277. The molecule has 3 saturated heterocycles. The topological polar surface area (TPSA) is 60.5 Å². The van der Waals surface area contributed by atoms with Crippen LogP contribution in [-0.4, -0.2) is 67.3 Å². The van der Waals surface area contributed by atoms with Crippen LogP contribution in [0.1, 0.15) is 47.0 Å². The first-order valence-electron chi connectivity index (χ1n) is 10.8. The van der Waals surface area contributed by atoms with Crippen LogP contribution >= 0.6 is 0 Å². The first-order valence-corrected chi connectivity index (χ1v) is 10.8. The second-order valence-corrected chi connectivity index (χ2v) is 9.20. The van der Waals surface area contributed by atoms with Crippen LogP contribution in [0.5, 0.6) is 0 Å². The van der Waals surface area contributed by atoms with E-state index in [4.69, 9.17) is 18.9 Å². The minimum absolute atomic E-state index is 0.0355. The van der Waals surface area contributed by atoms with Gasteiger partial charge in [-0.1, -0.05) is 36.8 Å². The Morgan fingerprint density at radius 1 is 1.20 bits per heavy atom. The zero-order valence-electron chi connectivity index (χ0n) is 18.9. The lowest BCUT2D eigenvalue weighted by Gasteiger charge is -2.38. The van der Waals surface area contributed by atoms with Gasteiger partial charge in [0, 0.05) is 26.3 Å². The molecule has 1 radical (unpaired) electrons. The van der Waals surface area contributed by atoms with Crippen molar-refractivity contribution in [3.63, 3.8) is 0 Å². The number of hydrogen-bond acceptors (Lipinski definition) is 5. The molecule has 0 N–H and O–H groups in total. The SMILES string of the molecule is C[CH]/C=C\C(=O)N(C)[C@H]1CO[C@@H](C/C=C(C)/C=C/[C@@H]2C[C@]3(CO3)CC(C)(C)O2)OC1. The van der Waals surface area contributed by atoms with E-state index in [9.17, 15) is 4.79 Å². The zero-order valence-corrected chi connectivity index (χ0v) is 18.9. The summed E-state index contributed by atoms with van der Waals surface area (Å²) in [5.41, 5.74) is 1.03. The van der Waals surface area contributed by atoms with Gasteiger partial charge in [-0.3, -0.25) is 4.79 Å². The van der Waals surface area contributed by atoms with E-state index in [0.29, 0.717) is 19.6 Å². The molecule has 6 heteroatoms. The molecule has 6 nitrogen and oxygen atoms in total. The van der Waals surface area contributed by atoms with Crippen molar-refractivity contribution in [2.45, 2.75) is 76.6 Å². The van der Waals surface area contributed by atoms with E-state index in [2.05, 4.69) is 39.0 Å². The summed E-state index contributed by atoms with van der Waals surface area (Å²) >= 11 is 0. The fourth-order valence-electron chi connectivity index (χ4n) is 4.12. The molecule has 3 rings (SSSR count). The van der Waals surface area contributed by atoms with E-state index >= 15 is 0 Å². The van der Waals surface area contributed by atoms with Crippen LogP contribution in [0, 0.1) is 6.42 Å². The normalized spacial score (nSPS) is 34.0. The number of ether oxygens (including phenoxy) is 4. The lowest BCUT2D eigenvalue weighted by atomic mass is 9.85. The zero-order chi connectivity index (χ0) is 21.8. The van der Waals surface area contributed by atoms with Gasteiger partial charge in [0.1, 0.15) is 0 Å². The van der Waals surface area contributed by atoms with Crippen LogP contribution in [-0.2, 0) is 23.7 Å². The molecule has 3 heterocycles. The van der Waals surface area contributed by atoms with Crippen LogP contribution in [0.4, 0.5) is 0 Å². The van der Waals surface area contributed by atoms with Gasteiger partial charge < -0.3 is 23.8 Å². The summed E-state index contributed by atoms with van der Waals surface area (Å²) in [7, 11) is 1.78. The van der Waals surface area contributed by atoms with Crippen molar-refractivity contribution in [2.24, 2.45) is 0 Å². The van der Waals surface area contributed by atoms with Gasteiger partial charge in [-0.25, -0.2) is 0 Å². The Balaban J connectivity index is 1.42. The molecule has 30 heavy (non-hydrogen) atoms. The van der Waals surface area contributed by atoms with Crippen molar-refractivity contribution in [3.8, 4) is 0 Å². The van der Waals surface area contributed by atoms with Crippen LogP contribution in [0.2, 0.25) is 0 Å². The molecule has 3 fully saturated rings. The van der Waals surface area contributed by atoms with E-state index in [-0.39, 0.29) is 35.5 Å². The molecular formula is C24H36NO5. The van der Waals surface area contributed by atoms with Crippen molar-refractivity contribution in [1.82, 2.24) is 4.90 Å². The molecule has 167 valence electrons. The Hall–Kier alpha value is -1.47. The number of hydrogen-bond donors (Lipinski definition) is 0. The van der Waals surface area contributed by atoms with Crippen molar-refractivity contribution >= 4 is 5.91 Å². The van der Waals surface area contributed by atoms with Crippen LogP contribution in [0.3, 0.4) is 0 Å². The Bertz CT molecular complexity index is 678. The Morgan fingerprint density at radius 2 is 1.90 bits per heavy atom. The molecule has 3 aliphatic heterocycles. The number of allylic oxidation sites excluding steroid dienone is 3. The van der Waals surface area contributed by atoms with Crippen molar-refractivity contribution in [3.05, 3.63) is 42.4 Å². The van der Waals surface area contributed by atoms with E-state index in [1.807, 2.05) is 13.3 Å². The second-order valence-electron chi connectivity index (χ2n) is 9.20. The number of likely N-dealkylation sites (N-methyl/N-ethyl adjacent to an activating group) is 1. The van der Waals surface area contributed by atoms with Gasteiger partial charge in [0.25, 0.3) is 0 Å². The molecule has 0 saturated carbocycles. The maximum absolute atomic E-state index is 12.1. The van der Waals surface area contributed by atoms with E-state index < -0.39 is 0 Å². The molecular weight excluding hydrogens is 382 g/mol. The quantitative estimate of drug-likeness (QED) is 0.359. The highest BCUT2D eigenvalue weighted by Gasteiger charge is 2.53. The standard InChI is InChI=1S/C24H36NO5/c1-6-7-8-21(26)25(5)19-14-27-22(28-15-19)12-10-18(2)9-11-20-13-24(17-29-24)16-23(3,4)30-20/h6-11,19-20,22H,12-17H2,1-5H3/b8-7-,11-9+,18-10+/t19-,20-,22+,24-/m1/s1. The van der Waals surface area contributed by atoms with Crippen molar-refractivity contribution in [1.29, 1.82) is 0 Å². The summed E-state index contributed by atoms with van der Waals surface area (Å²) in [5, 5.41) is 0. The first-order chi connectivity index (χ1) is 14.2. The summed E-state index contributed by atoms with van der Waals surface area (Å²) in [4.78, 5) is 13.7. The van der Waals surface area contributed by atoms with Crippen LogP contribution in [0.15, 0.2) is 36.0 Å². The number of amides is 1. The minimum Gasteiger partial charge on any atom is -0.369 e. The smallest absolute Gasteiger partial charge is 0.246 e. The average molecular weight is 419 g/mol. The van der Waals surface area contributed by atoms with E-state index in [1.165, 1.54) is 0 Å². The number of nitrogens with zero attached hydrogens (tertiary/aromatic N) is 1. The largest absolute Gasteiger partial charge is 0.369 e. The first kappa shape index (κ1) is 23.2. The third kappa shape index (κ3) is 6.51. The maximum Gasteiger partial charge on any atom is 0.246 e. The summed E-state index contributed by atoms with van der Waals surface area (Å²) < 4.78 is 23.5. The van der Waals surface area contributed by atoms with Gasteiger partial charge in [0.2, 0.25) is 5.91 Å².